The monoisotopic (exact) mass is 286 g/mol. The van der Waals surface area contributed by atoms with Gasteiger partial charge in [0.05, 0.1) is 26.6 Å². The Bertz CT molecular complexity index is 525. The van der Waals surface area contributed by atoms with Crippen molar-refractivity contribution in [3.8, 4) is 0 Å². The first-order valence-electron chi connectivity index (χ1n) is 5.20. The zero-order chi connectivity index (χ0) is 12.4. The molecule has 0 spiro atoms. The summed E-state index contributed by atoms with van der Waals surface area (Å²) in [6.07, 6.45) is 3.59. The lowest BCUT2D eigenvalue weighted by Crippen LogP contribution is -2.07. The van der Waals surface area contributed by atoms with Crippen molar-refractivity contribution in [2.24, 2.45) is 0 Å². The molecule has 0 aliphatic rings. The van der Waals surface area contributed by atoms with Crippen LogP contribution in [0, 0.1) is 6.92 Å². The topological polar surface area (TPSA) is 24.9 Å². The van der Waals surface area contributed by atoms with Gasteiger partial charge < -0.3 is 5.32 Å². The van der Waals surface area contributed by atoms with Crippen molar-refractivity contribution >= 4 is 40.2 Å². The number of aryl methyl sites for hydroxylation is 1. The molecule has 90 valence electrons. The second kappa shape index (κ2) is 5.25. The molecule has 0 aliphatic heterocycles. The average molecular weight is 287 g/mol. The minimum Gasteiger partial charge on any atom is -0.377 e. The number of aromatic nitrogens is 1. The van der Waals surface area contributed by atoms with Gasteiger partial charge in [-0.3, -0.25) is 4.98 Å². The van der Waals surface area contributed by atoms with Crippen LogP contribution in [-0.2, 0) is 0 Å². The largest absolute Gasteiger partial charge is 0.377 e. The zero-order valence-corrected chi connectivity index (χ0v) is 11.8. The third-order valence-electron chi connectivity index (χ3n) is 2.56. The number of nitrogens with one attached hydrogen (secondary N) is 1. The highest BCUT2D eigenvalue weighted by molar-refractivity contribution is 7.20. The Morgan fingerprint density at radius 2 is 2.18 bits per heavy atom. The number of pyridine rings is 1. The van der Waals surface area contributed by atoms with E-state index in [0.717, 1.165) is 21.2 Å². The van der Waals surface area contributed by atoms with Gasteiger partial charge in [0.15, 0.2) is 0 Å². The number of thiophene rings is 1. The summed E-state index contributed by atoms with van der Waals surface area (Å²) in [6.45, 7) is 4.09. The van der Waals surface area contributed by atoms with Crippen LogP contribution in [-0.4, -0.2) is 4.98 Å². The predicted molar refractivity (Wildman–Crippen MR) is 75.4 cm³/mol. The van der Waals surface area contributed by atoms with Gasteiger partial charge in [-0.1, -0.05) is 23.2 Å². The summed E-state index contributed by atoms with van der Waals surface area (Å²) >= 11 is 13.4. The van der Waals surface area contributed by atoms with E-state index in [2.05, 4.69) is 17.2 Å². The van der Waals surface area contributed by atoms with Gasteiger partial charge in [-0.15, -0.1) is 11.3 Å². The Hall–Kier alpha value is -0.770. The van der Waals surface area contributed by atoms with Crippen molar-refractivity contribution in [2.75, 3.05) is 5.32 Å². The molecule has 2 heterocycles. The summed E-state index contributed by atoms with van der Waals surface area (Å²) < 4.78 is 1.44. The Morgan fingerprint density at radius 1 is 1.41 bits per heavy atom. The molecule has 1 atom stereocenters. The van der Waals surface area contributed by atoms with Crippen molar-refractivity contribution in [3.63, 3.8) is 0 Å². The van der Waals surface area contributed by atoms with Crippen LogP contribution in [0.15, 0.2) is 24.5 Å². The molecule has 2 aromatic heterocycles. The molecule has 0 fully saturated rings. The first-order chi connectivity index (χ1) is 8.08. The molecule has 1 N–H and O–H groups in total. The lowest BCUT2D eigenvalue weighted by molar-refractivity contribution is 0.886. The van der Waals surface area contributed by atoms with E-state index in [-0.39, 0.29) is 6.04 Å². The van der Waals surface area contributed by atoms with E-state index in [1.807, 2.05) is 25.3 Å². The van der Waals surface area contributed by atoms with Crippen LogP contribution >= 0.6 is 34.5 Å². The second-order valence-electron chi connectivity index (χ2n) is 3.84. The molecule has 2 aromatic rings. The molecule has 0 saturated carbocycles. The van der Waals surface area contributed by atoms with Crippen LogP contribution in [0.3, 0.4) is 0 Å². The van der Waals surface area contributed by atoms with Crippen molar-refractivity contribution < 1.29 is 0 Å². The van der Waals surface area contributed by atoms with Gasteiger partial charge in [-0.25, -0.2) is 0 Å². The summed E-state index contributed by atoms with van der Waals surface area (Å²) in [5, 5.41) is 3.38. The normalized spacial score (nSPS) is 12.5. The van der Waals surface area contributed by atoms with Gasteiger partial charge in [0.25, 0.3) is 0 Å². The molecule has 0 aromatic carbocycles. The fraction of sp³-hybridized carbons (Fsp3) is 0.250. The molecule has 2 nitrogen and oxygen atoms in total. The van der Waals surface area contributed by atoms with E-state index in [0.29, 0.717) is 4.34 Å². The van der Waals surface area contributed by atoms with E-state index in [4.69, 9.17) is 23.2 Å². The Morgan fingerprint density at radius 3 is 2.76 bits per heavy atom. The maximum atomic E-state index is 6.12. The summed E-state index contributed by atoms with van der Waals surface area (Å²) in [4.78, 5) is 4.10. The molecule has 17 heavy (non-hydrogen) atoms. The number of rotatable bonds is 3. The van der Waals surface area contributed by atoms with E-state index >= 15 is 0 Å². The van der Waals surface area contributed by atoms with E-state index < -0.39 is 0 Å². The molecule has 0 saturated heterocycles. The van der Waals surface area contributed by atoms with Gasteiger partial charge in [-0.05, 0) is 31.5 Å². The Kier molecular flexibility index (Phi) is 3.92. The van der Waals surface area contributed by atoms with E-state index in [1.54, 1.807) is 6.20 Å². The summed E-state index contributed by atoms with van der Waals surface area (Å²) in [6, 6.07) is 3.98. The van der Waals surface area contributed by atoms with Crippen LogP contribution in [0.2, 0.25) is 8.67 Å². The molecule has 0 radical (unpaired) electrons. The highest BCUT2D eigenvalue weighted by Gasteiger charge is 2.13. The Balaban J connectivity index is 2.20. The fourth-order valence-electron chi connectivity index (χ4n) is 1.57. The predicted octanol–water partition coefficient (Wildman–Crippen LogP) is 4.93. The van der Waals surface area contributed by atoms with Gasteiger partial charge in [0, 0.05) is 11.8 Å². The quantitative estimate of drug-likeness (QED) is 0.865. The van der Waals surface area contributed by atoms with Crippen LogP contribution in [0.5, 0.6) is 0 Å². The van der Waals surface area contributed by atoms with Crippen LogP contribution in [0.1, 0.15) is 24.1 Å². The molecule has 1 unspecified atom stereocenters. The molecule has 0 amide bonds. The molecule has 2 rings (SSSR count). The minimum atomic E-state index is 0.106. The second-order valence-corrected chi connectivity index (χ2v) is 6.12. The molecular weight excluding hydrogens is 275 g/mol. The summed E-state index contributed by atoms with van der Waals surface area (Å²) in [7, 11) is 0. The van der Waals surface area contributed by atoms with Crippen molar-refractivity contribution in [1.82, 2.24) is 4.98 Å². The third-order valence-corrected chi connectivity index (χ3v) is 4.08. The van der Waals surface area contributed by atoms with Crippen molar-refractivity contribution in [3.05, 3.63) is 44.3 Å². The first-order valence-corrected chi connectivity index (χ1v) is 6.77. The highest BCUT2D eigenvalue weighted by Crippen LogP contribution is 2.36. The van der Waals surface area contributed by atoms with Crippen molar-refractivity contribution in [2.45, 2.75) is 19.9 Å². The first kappa shape index (κ1) is 12.7. The van der Waals surface area contributed by atoms with E-state index in [1.165, 1.54) is 11.3 Å². The number of hydrogen-bond acceptors (Lipinski definition) is 3. The van der Waals surface area contributed by atoms with Gasteiger partial charge in [-0.2, -0.15) is 0 Å². The standard InChI is InChI=1S/C12H12Cl2N2S/c1-7-3-4-15-6-10(7)16-8(2)9-5-11(13)17-12(9)14/h3-6,8,16H,1-2H3. The lowest BCUT2D eigenvalue weighted by atomic mass is 10.1. The molecule has 0 bridgehead atoms. The van der Waals surface area contributed by atoms with Crippen LogP contribution < -0.4 is 5.32 Å². The lowest BCUT2D eigenvalue weighted by Gasteiger charge is -2.16. The maximum absolute atomic E-state index is 6.12. The molecular formula is C12H12Cl2N2S. The van der Waals surface area contributed by atoms with Crippen molar-refractivity contribution in [1.29, 1.82) is 0 Å². The minimum absolute atomic E-state index is 0.106. The van der Waals surface area contributed by atoms with E-state index in [9.17, 15) is 0 Å². The van der Waals surface area contributed by atoms with Gasteiger partial charge >= 0.3 is 0 Å². The highest BCUT2D eigenvalue weighted by atomic mass is 35.5. The van der Waals surface area contributed by atoms with Crippen LogP contribution in [0.4, 0.5) is 5.69 Å². The number of anilines is 1. The van der Waals surface area contributed by atoms with Gasteiger partial charge in [0.2, 0.25) is 0 Å². The van der Waals surface area contributed by atoms with Crippen LogP contribution in [0.25, 0.3) is 0 Å². The fourth-order valence-corrected chi connectivity index (χ4v) is 3.22. The Labute approximate surface area is 115 Å². The smallest absolute Gasteiger partial charge is 0.0996 e. The molecule has 5 heteroatoms. The number of hydrogen-bond donors (Lipinski definition) is 1. The third kappa shape index (κ3) is 2.92. The SMILES string of the molecule is Cc1ccncc1NC(C)c1cc(Cl)sc1Cl. The number of nitrogens with zero attached hydrogens (tertiary/aromatic N) is 1. The molecule has 0 aliphatic carbocycles. The summed E-state index contributed by atoms with van der Waals surface area (Å²) in [5.41, 5.74) is 3.19. The van der Waals surface area contributed by atoms with Gasteiger partial charge in [0.1, 0.15) is 0 Å². The average Bonchev–Trinajstić information content (AvgIpc) is 2.61. The zero-order valence-electron chi connectivity index (χ0n) is 9.50. The summed E-state index contributed by atoms with van der Waals surface area (Å²) in [5.74, 6) is 0. The maximum Gasteiger partial charge on any atom is 0.0996 e. The number of halogens is 2.